The van der Waals surface area contributed by atoms with Gasteiger partial charge in [0.15, 0.2) is 0 Å². The maximum Gasteiger partial charge on any atom is 0.249 e. The monoisotopic (exact) mass is 226 g/mol. The van der Waals surface area contributed by atoms with Crippen LogP contribution in [0.2, 0.25) is 0 Å². The minimum Gasteiger partial charge on any atom is -0.368 e. The Morgan fingerprint density at radius 1 is 1.44 bits per heavy atom. The third kappa shape index (κ3) is 2.74. The lowest BCUT2D eigenvalue weighted by molar-refractivity contribution is -0.131. The highest BCUT2D eigenvalue weighted by Gasteiger charge is 2.31. The number of nitrogens with one attached hydrogen (secondary N) is 1. The Labute approximate surface area is 96.9 Å². The summed E-state index contributed by atoms with van der Waals surface area (Å²) >= 11 is 0. The van der Waals surface area contributed by atoms with Crippen LogP contribution in [0.3, 0.4) is 0 Å². The Morgan fingerprint density at radius 3 is 2.81 bits per heavy atom. The molecule has 3 N–H and O–H groups in total. The average molecular weight is 226 g/mol. The molecule has 92 valence electrons. The minimum atomic E-state index is -0.227. The predicted molar refractivity (Wildman–Crippen MR) is 61.8 cm³/mol. The van der Waals surface area contributed by atoms with Crippen LogP contribution in [0.15, 0.2) is 0 Å². The molecule has 1 saturated heterocycles. The molecule has 1 amide bonds. The first-order chi connectivity index (χ1) is 7.66. The second kappa shape index (κ2) is 5.15. The van der Waals surface area contributed by atoms with Gasteiger partial charge in [0, 0.05) is 19.2 Å². The molecule has 2 aliphatic rings. The van der Waals surface area contributed by atoms with Gasteiger partial charge in [-0.1, -0.05) is 6.92 Å². The van der Waals surface area contributed by atoms with Gasteiger partial charge in [-0.15, -0.1) is 0 Å². The van der Waals surface area contributed by atoms with Crippen molar-refractivity contribution in [2.75, 3.05) is 13.2 Å². The van der Waals surface area contributed by atoms with E-state index in [1.807, 2.05) is 0 Å². The molecule has 0 aromatic carbocycles. The van der Waals surface area contributed by atoms with E-state index in [4.69, 9.17) is 10.5 Å². The van der Waals surface area contributed by atoms with Crippen molar-refractivity contribution in [3.63, 3.8) is 0 Å². The summed E-state index contributed by atoms with van der Waals surface area (Å²) in [6, 6.07) is 0.337. The first-order valence-electron chi connectivity index (χ1n) is 6.31. The Bertz CT molecular complexity index is 257. The quantitative estimate of drug-likeness (QED) is 0.743. The summed E-state index contributed by atoms with van der Waals surface area (Å²) in [5, 5.41) is 3.00. The van der Waals surface area contributed by atoms with Crippen molar-refractivity contribution in [3.8, 4) is 0 Å². The molecule has 4 unspecified atom stereocenters. The van der Waals surface area contributed by atoms with E-state index in [2.05, 4.69) is 12.2 Å². The van der Waals surface area contributed by atoms with Crippen LogP contribution < -0.4 is 11.1 Å². The van der Waals surface area contributed by atoms with E-state index < -0.39 is 0 Å². The molecule has 1 saturated carbocycles. The molecule has 0 aromatic heterocycles. The van der Waals surface area contributed by atoms with Gasteiger partial charge in [-0.05, 0) is 37.5 Å². The van der Waals surface area contributed by atoms with Crippen molar-refractivity contribution in [2.24, 2.45) is 17.6 Å². The van der Waals surface area contributed by atoms with E-state index in [0.717, 1.165) is 32.2 Å². The van der Waals surface area contributed by atoms with Gasteiger partial charge in [0.25, 0.3) is 0 Å². The molecule has 1 heterocycles. The Balaban J connectivity index is 1.71. The van der Waals surface area contributed by atoms with Crippen molar-refractivity contribution < 1.29 is 9.53 Å². The SMILES string of the molecule is CC1CCOC1C(=O)NCC1CCC(N)C1. The van der Waals surface area contributed by atoms with Gasteiger partial charge in [-0.25, -0.2) is 0 Å². The number of nitrogens with two attached hydrogens (primary N) is 1. The van der Waals surface area contributed by atoms with E-state index in [1.54, 1.807) is 0 Å². The fourth-order valence-corrected chi connectivity index (χ4v) is 2.68. The number of hydrogen-bond donors (Lipinski definition) is 2. The molecule has 1 aliphatic heterocycles. The van der Waals surface area contributed by atoms with Crippen LogP contribution in [0, 0.1) is 11.8 Å². The second-order valence-electron chi connectivity index (χ2n) is 5.24. The molecular weight excluding hydrogens is 204 g/mol. The van der Waals surface area contributed by atoms with Gasteiger partial charge in [0.05, 0.1) is 0 Å². The normalized spacial score (nSPS) is 38.9. The summed E-state index contributed by atoms with van der Waals surface area (Å²) in [6.07, 6.45) is 4.04. The Hall–Kier alpha value is -0.610. The molecule has 0 bridgehead atoms. The van der Waals surface area contributed by atoms with Crippen LogP contribution in [0.5, 0.6) is 0 Å². The average Bonchev–Trinajstić information content (AvgIpc) is 2.84. The maximum absolute atomic E-state index is 11.8. The van der Waals surface area contributed by atoms with Gasteiger partial charge < -0.3 is 15.8 Å². The minimum absolute atomic E-state index is 0.0606. The zero-order chi connectivity index (χ0) is 11.5. The standard InChI is InChI=1S/C12H22N2O2/c1-8-4-5-16-11(8)12(15)14-7-9-2-3-10(13)6-9/h8-11H,2-7,13H2,1H3,(H,14,15). The van der Waals surface area contributed by atoms with Gasteiger partial charge in [0.2, 0.25) is 5.91 Å². The highest BCUT2D eigenvalue weighted by Crippen LogP contribution is 2.24. The maximum atomic E-state index is 11.8. The van der Waals surface area contributed by atoms with Crippen molar-refractivity contribution in [3.05, 3.63) is 0 Å². The number of amides is 1. The molecule has 4 nitrogen and oxygen atoms in total. The third-order valence-corrected chi connectivity index (χ3v) is 3.79. The Morgan fingerprint density at radius 2 is 2.25 bits per heavy atom. The highest BCUT2D eigenvalue weighted by molar-refractivity contribution is 5.81. The fraction of sp³-hybridized carbons (Fsp3) is 0.917. The molecule has 0 spiro atoms. The molecule has 4 heteroatoms. The molecular formula is C12H22N2O2. The van der Waals surface area contributed by atoms with Crippen LogP contribution in [-0.4, -0.2) is 31.2 Å². The lowest BCUT2D eigenvalue weighted by Crippen LogP contribution is -2.39. The summed E-state index contributed by atoms with van der Waals surface area (Å²) in [4.78, 5) is 11.8. The number of carbonyl (C=O) groups is 1. The number of hydrogen-bond acceptors (Lipinski definition) is 3. The summed E-state index contributed by atoms with van der Waals surface area (Å²) < 4.78 is 5.43. The largest absolute Gasteiger partial charge is 0.368 e. The number of carbonyl (C=O) groups excluding carboxylic acids is 1. The molecule has 0 radical (unpaired) electrons. The van der Waals surface area contributed by atoms with Crippen molar-refractivity contribution in [2.45, 2.75) is 44.8 Å². The zero-order valence-corrected chi connectivity index (χ0v) is 9.95. The van der Waals surface area contributed by atoms with Crippen molar-refractivity contribution in [1.29, 1.82) is 0 Å². The lowest BCUT2D eigenvalue weighted by Gasteiger charge is -2.16. The van der Waals surface area contributed by atoms with E-state index in [1.165, 1.54) is 0 Å². The first kappa shape index (κ1) is 11.9. The van der Waals surface area contributed by atoms with Crippen LogP contribution in [0.1, 0.15) is 32.6 Å². The number of rotatable bonds is 3. The first-order valence-corrected chi connectivity index (χ1v) is 6.31. The van der Waals surface area contributed by atoms with E-state index >= 15 is 0 Å². The smallest absolute Gasteiger partial charge is 0.249 e. The Kier molecular flexibility index (Phi) is 3.82. The van der Waals surface area contributed by atoms with Crippen LogP contribution >= 0.6 is 0 Å². The predicted octanol–water partition coefficient (Wildman–Crippen LogP) is 0.655. The lowest BCUT2D eigenvalue weighted by atomic mass is 10.0. The summed E-state index contributed by atoms with van der Waals surface area (Å²) in [6.45, 7) is 3.55. The van der Waals surface area contributed by atoms with Crippen LogP contribution in [-0.2, 0) is 9.53 Å². The van der Waals surface area contributed by atoms with Crippen LogP contribution in [0.4, 0.5) is 0 Å². The number of ether oxygens (including phenoxy) is 1. The summed E-state index contributed by atoms with van der Waals surface area (Å²) in [5.74, 6) is 0.979. The van der Waals surface area contributed by atoms with E-state index in [9.17, 15) is 4.79 Å². The molecule has 2 rings (SSSR count). The van der Waals surface area contributed by atoms with E-state index in [0.29, 0.717) is 24.5 Å². The fourth-order valence-electron chi connectivity index (χ4n) is 2.68. The highest BCUT2D eigenvalue weighted by atomic mass is 16.5. The van der Waals surface area contributed by atoms with Gasteiger partial charge in [-0.3, -0.25) is 4.79 Å². The second-order valence-corrected chi connectivity index (χ2v) is 5.24. The zero-order valence-electron chi connectivity index (χ0n) is 9.95. The third-order valence-electron chi connectivity index (χ3n) is 3.79. The molecule has 2 fully saturated rings. The summed E-state index contributed by atoms with van der Waals surface area (Å²) in [7, 11) is 0. The van der Waals surface area contributed by atoms with Crippen molar-refractivity contribution in [1.82, 2.24) is 5.32 Å². The molecule has 4 atom stereocenters. The van der Waals surface area contributed by atoms with Crippen LogP contribution in [0.25, 0.3) is 0 Å². The van der Waals surface area contributed by atoms with Gasteiger partial charge in [0.1, 0.15) is 6.10 Å². The van der Waals surface area contributed by atoms with Gasteiger partial charge in [-0.2, -0.15) is 0 Å². The van der Waals surface area contributed by atoms with E-state index in [-0.39, 0.29) is 12.0 Å². The molecule has 1 aliphatic carbocycles. The van der Waals surface area contributed by atoms with Gasteiger partial charge >= 0.3 is 0 Å². The summed E-state index contributed by atoms with van der Waals surface area (Å²) in [5.41, 5.74) is 5.84. The van der Waals surface area contributed by atoms with Crippen molar-refractivity contribution >= 4 is 5.91 Å². The molecule has 0 aromatic rings. The molecule has 16 heavy (non-hydrogen) atoms. The topological polar surface area (TPSA) is 64.3 Å².